The van der Waals surface area contributed by atoms with Crippen molar-refractivity contribution in [2.75, 3.05) is 19.0 Å². The van der Waals surface area contributed by atoms with Crippen molar-refractivity contribution in [2.24, 2.45) is 0 Å². The number of hydrogen-bond acceptors (Lipinski definition) is 5. The topological polar surface area (TPSA) is 73.9 Å². The number of carbonyl (C=O) groups excluding carboxylic acids is 2. The number of rotatable bonds is 8. The minimum absolute atomic E-state index is 0.0370. The van der Waals surface area contributed by atoms with Crippen molar-refractivity contribution in [3.63, 3.8) is 0 Å². The van der Waals surface area contributed by atoms with Gasteiger partial charge in [-0.2, -0.15) is 0 Å². The van der Waals surface area contributed by atoms with Crippen LogP contribution in [0.1, 0.15) is 24.5 Å². The molecule has 0 spiro atoms. The van der Waals surface area contributed by atoms with Gasteiger partial charge in [-0.05, 0) is 44.0 Å². The highest BCUT2D eigenvalue weighted by Gasteiger charge is 2.20. The Morgan fingerprint density at radius 3 is 2.50 bits per heavy atom. The fourth-order valence-corrected chi connectivity index (χ4v) is 2.59. The molecule has 2 aromatic rings. The largest absolute Gasteiger partial charge is 0.495 e. The number of para-hydroxylation sites is 1. The van der Waals surface area contributed by atoms with Gasteiger partial charge in [0.1, 0.15) is 11.5 Å². The van der Waals surface area contributed by atoms with Crippen LogP contribution in [-0.4, -0.2) is 31.7 Å². The molecule has 0 fully saturated rings. The lowest BCUT2D eigenvalue weighted by atomic mass is 10.2. The van der Waals surface area contributed by atoms with Gasteiger partial charge in [0.25, 0.3) is 5.91 Å². The maximum Gasteiger partial charge on any atom is 0.310 e. The third-order valence-corrected chi connectivity index (χ3v) is 4.48. The number of benzene rings is 2. The van der Waals surface area contributed by atoms with Crippen molar-refractivity contribution < 1.29 is 23.8 Å². The summed E-state index contributed by atoms with van der Waals surface area (Å²) in [5.41, 5.74) is 2.23. The van der Waals surface area contributed by atoms with Gasteiger partial charge in [-0.15, -0.1) is 0 Å². The predicted molar refractivity (Wildman–Crippen MR) is 108 cm³/mol. The zero-order valence-corrected chi connectivity index (χ0v) is 17.1. The van der Waals surface area contributed by atoms with E-state index in [2.05, 4.69) is 5.32 Å². The number of aryl methyl sites for hydroxylation is 2. The summed E-state index contributed by atoms with van der Waals surface area (Å²) in [4.78, 5) is 24.3. The molecule has 0 heterocycles. The van der Waals surface area contributed by atoms with E-state index >= 15 is 0 Å². The summed E-state index contributed by atoms with van der Waals surface area (Å²) in [7, 11) is 1.48. The van der Waals surface area contributed by atoms with E-state index in [4.69, 9.17) is 25.8 Å². The quantitative estimate of drug-likeness (QED) is 0.662. The van der Waals surface area contributed by atoms with Gasteiger partial charge in [0, 0.05) is 11.1 Å². The molecule has 2 rings (SSSR count). The molecule has 28 heavy (non-hydrogen) atoms. The van der Waals surface area contributed by atoms with Gasteiger partial charge in [0.2, 0.25) is 0 Å². The van der Waals surface area contributed by atoms with Gasteiger partial charge in [0.15, 0.2) is 6.10 Å². The van der Waals surface area contributed by atoms with E-state index in [1.165, 1.54) is 14.0 Å². The monoisotopic (exact) mass is 405 g/mol. The first-order valence-electron chi connectivity index (χ1n) is 8.84. The van der Waals surface area contributed by atoms with Crippen LogP contribution in [0.4, 0.5) is 5.69 Å². The Morgan fingerprint density at radius 1 is 1.11 bits per heavy atom. The van der Waals surface area contributed by atoms with Crippen LogP contribution in [-0.2, 0) is 14.3 Å². The van der Waals surface area contributed by atoms with Crippen LogP contribution < -0.4 is 14.8 Å². The van der Waals surface area contributed by atoms with Gasteiger partial charge < -0.3 is 19.5 Å². The van der Waals surface area contributed by atoms with E-state index in [-0.39, 0.29) is 13.0 Å². The normalized spacial score (nSPS) is 11.5. The number of carbonyl (C=O) groups is 2. The molecule has 1 N–H and O–H groups in total. The molecule has 0 aliphatic heterocycles. The Morgan fingerprint density at radius 2 is 1.82 bits per heavy atom. The van der Waals surface area contributed by atoms with Crippen LogP contribution >= 0.6 is 11.6 Å². The molecule has 0 saturated carbocycles. The van der Waals surface area contributed by atoms with Gasteiger partial charge in [-0.3, -0.25) is 9.59 Å². The molecule has 1 atom stereocenters. The standard InChI is InChI=1S/C21H24ClNO5/c1-13-7-5-6-8-18(13)27-10-9-20(24)28-15(3)21(25)23-17-11-14(2)16(22)12-19(17)26-4/h5-8,11-12,15H,9-10H2,1-4H3,(H,23,25)/t15-/m1/s1. The van der Waals surface area contributed by atoms with Crippen LogP contribution in [0.5, 0.6) is 11.5 Å². The average Bonchev–Trinajstić information content (AvgIpc) is 2.65. The first-order chi connectivity index (χ1) is 13.3. The van der Waals surface area contributed by atoms with Crippen molar-refractivity contribution in [1.82, 2.24) is 0 Å². The SMILES string of the molecule is COc1cc(Cl)c(C)cc1NC(=O)[C@@H](C)OC(=O)CCOc1ccccc1C. The van der Waals surface area contributed by atoms with Crippen LogP contribution in [0.15, 0.2) is 36.4 Å². The molecular formula is C21H24ClNO5. The number of anilines is 1. The number of methoxy groups -OCH3 is 1. The highest BCUT2D eigenvalue weighted by molar-refractivity contribution is 6.31. The first-order valence-corrected chi connectivity index (χ1v) is 9.22. The average molecular weight is 406 g/mol. The molecule has 0 unspecified atom stereocenters. The smallest absolute Gasteiger partial charge is 0.310 e. The number of esters is 1. The fourth-order valence-electron chi connectivity index (χ4n) is 2.44. The summed E-state index contributed by atoms with van der Waals surface area (Å²) < 4.78 is 16.0. The zero-order valence-electron chi connectivity index (χ0n) is 16.4. The van der Waals surface area contributed by atoms with Crippen molar-refractivity contribution in [3.05, 3.63) is 52.5 Å². The van der Waals surface area contributed by atoms with Crippen LogP contribution in [0, 0.1) is 13.8 Å². The number of hydrogen-bond donors (Lipinski definition) is 1. The van der Waals surface area contributed by atoms with Gasteiger partial charge >= 0.3 is 5.97 Å². The molecule has 1 amide bonds. The van der Waals surface area contributed by atoms with Gasteiger partial charge in [-0.25, -0.2) is 0 Å². The Kier molecular flexibility index (Phi) is 7.70. The van der Waals surface area contributed by atoms with E-state index in [0.29, 0.717) is 22.2 Å². The summed E-state index contributed by atoms with van der Waals surface area (Å²) in [5.74, 6) is 0.157. The summed E-state index contributed by atoms with van der Waals surface area (Å²) in [6.45, 7) is 5.41. The number of amides is 1. The Bertz CT molecular complexity index is 853. The molecule has 7 heteroatoms. The van der Waals surface area contributed by atoms with E-state index in [1.54, 1.807) is 12.1 Å². The molecular weight excluding hydrogens is 382 g/mol. The van der Waals surface area contributed by atoms with Crippen molar-refractivity contribution in [1.29, 1.82) is 0 Å². The summed E-state index contributed by atoms with van der Waals surface area (Å²) in [5, 5.41) is 3.22. The van der Waals surface area contributed by atoms with Gasteiger partial charge in [0.05, 0.1) is 25.8 Å². The van der Waals surface area contributed by atoms with Crippen LogP contribution in [0.3, 0.4) is 0 Å². The molecule has 2 aromatic carbocycles. The third kappa shape index (κ3) is 5.89. The lowest BCUT2D eigenvalue weighted by Crippen LogP contribution is -2.30. The number of nitrogens with one attached hydrogen (secondary N) is 1. The Balaban J connectivity index is 1.85. The van der Waals surface area contributed by atoms with Crippen LogP contribution in [0.2, 0.25) is 5.02 Å². The zero-order chi connectivity index (χ0) is 20.7. The highest BCUT2D eigenvalue weighted by atomic mass is 35.5. The number of ether oxygens (including phenoxy) is 3. The minimum Gasteiger partial charge on any atom is -0.495 e. The molecule has 6 nitrogen and oxygen atoms in total. The fraction of sp³-hybridized carbons (Fsp3) is 0.333. The van der Waals surface area contributed by atoms with E-state index in [1.807, 2.05) is 38.1 Å². The van der Waals surface area contributed by atoms with E-state index in [0.717, 1.165) is 11.1 Å². The van der Waals surface area contributed by atoms with Crippen molar-refractivity contribution in [3.8, 4) is 11.5 Å². The predicted octanol–water partition coefficient (Wildman–Crippen LogP) is 4.30. The molecule has 0 bridgehead atoms. The van der Waals surface area contributed by atoms with E-state index in [9.17, 15) is 9.59 Å². The lowest BCUT2D eigenvalue weighted by molar-refractivity contribution is -0.153. The molecule has 150 valence electrons. The third-order valence-electron chi connectivity index (χ3n) is 4.07. The van der Waals surface area contributed by atoms with E-state index < -0.39 is 18.0 Å². The number of halogens is 1. The maximum absolute atomic E-state index is 12.3. The van der Waals surface area contributed by atoms with Crippen molar-refractivity contribution in [2.45, 2.75) is 33.3 Å². The molecule has 0 radical (unpaired) electrons. The van der Waals surface area contributed by atoms with Crippen LogP contribution in [0.25, 0.3) is 0 Å². The maximum atomic E-state index is 12.3. The highest BCUT2D eigenvalue weighted by Crippen LogP contribution is 2.31. The Hall–Kier alpha value is -2.73. The second-order valence-corrected chi connectivity index (χ2v) is 6.69. The van der Waals surface area contributed by atoms with Gasteiger partial charge in [-0.1, -0.05) is 29.8 Å². The Labute approximate surface area is 169 Å². The summed E-state index contributed by atoms with van der Waals surface area (Å²) in [6.07, 6.45) is -0.929. The molecule has 0 aliphatic rings. The summed E-state index contributed by atoms with van der Waals surface area (Å²) >= 11 is 6.06. The summed E-state index contributed by atoms with van der Waals surface area (Å²) in [6, 6.07) is 10.8. The molecule has 0 aromatic heterocycles. The minimum atomic E-state index is -0.966. The van der Waals surface area contributed by atoms with Crippen molar-refractivity contribution >= 4 is 29.2 Å². The lowest BCUT2D eigenvalue weighted by Gasteiger charge is -2.16. The second-order valence-electron chi connectivity index (χ2n) is 6.29. The molecule has 0 aliphatic carbocycles. The second kappa shape index (κ2) is 9.99. The first kappa shape index (κ1) is 21.6. The molecule has 0 saturated heterocycles.